The largest absolute Gasteiger partial charge is 0.491 e. The first-order valence-corrected chi connectivity index (χ1v) is 17.5. The topological polar surface area (TPSA) is 175 Å². The third kappa shape index (κ3) is 7.76. The predicted molar refractivity (Wildman–Crippen MR) is 163 cm³/mol. The molecule has 12 nitrogen and oxygen atoms in total. The molecule has 2 fully saturated rings. The van der Waals surface area contributed by atoms with E-state index in [0.29, 0.717) is 39.0 Å². The summed E-state index contributed by atoms with van der Waals surface area (Å²) in [5.41, 5.74) is -0.415. The predicted octanol–water partition coefficient (Wildman–Crippen LogP) is 0.813. The first kappa shape index (κ1) is 32.7. The molecule has 3 atom stereocenters. The fraction of sp³-hybridized carbons (Fsp3) is 0.467. The molecule has 0 saturated carbocycles. The summed E-state index contributed by atoms with van der Waals surface area (Å²) < 4.78 is 67.1. The Labute approximate surface area is 257 Å². The first-order chi connectivity index (χ1) is 21.0. The SMILES string of the molecule is O=S(=O)(NC[C@H](O)CO)c1cccc(OC[C@@H](O)CNC2COC3(CCN(S(=O)(=O)c4ccc5ccccc5c4)CC3)C2)c1. The zero-order valence-electron chi connectivity index (χ0n) is 24.2. The van der Waals surface area contributed by atoms with Crippen LogP contribution in [0.5, 0.6) is 5.75 Å². The number of aliphatic hydroxyl groups is 3. The van der Waals surface area contributed by atoms with E-state index in [4.69, 9.17) is 14.6 Å². The van der Waals surface area contributed by atoms with Crippen LogP contribution in [0.15, 0.2) is 76.5 Å². The summed E-state index contributed by atoms with van der Waals surface area (Å²) in [7, 11) is -7.55. The van der Waals surface area contributed by atoms with E-state index in [1.54, 1.807) is 18.2 Å². The highest BCUT2D eigenvalue weighted by atomic mass is 32.2. The molecule has 0 radical (unpaired) electrons. The summed E-state index contributed by atoms with van der Waals surface area (Å²) in [4.78, 5) is 0.218. The number of benzene rings is 3. The number of aliphatic hydroxyl groups excluding tert-OH is 3. The Balaban J connectivity index is 1.07. The maximum atomic E-state index is 13.4. The van der Waals surface area contributed by atoms with Gasteiger partial charge in [-0.2, -0.15) is 4.31 Å². The van der Waals surface area contributed by atoms with E-state index in [2.05, 4.69) is 10.0 Å². The van der Waals surface area contributed by atoms with Crippen LogP contribution in [0.4, 0.5) is 0 Å². The van der Waals surface area contributed by atoms with Gasteiger partial charge in [-0.25, -0.2) is 21.6 Å². The van der Waals surface area contributed by atoms with Gasteiger partial charge in [0.05, 0.1) is 34.7 Å². The minimum atomic E-state index is -3.92. The number of hydrogen-bond acceptors (Lipinski definition) is 10. The zero-order valence-corrected chi connectivity index (χ0v) is 25.8. The van der Waals surface area contributed by atoms with Gasteiger partial charge in [0.1, 0.15) is 18.5 Å². The number of nitrogens with zero attached hydrogens (tertiary/aromatic N) is 1. The average Bonchev–Trinajstić information content (AvgIpc) is 3.43. The Morgan fingerprint density at radius 3 is 2.41 bits per heavy atom. The fourth-order valence-electron chi connectivity index (χ4n) is 5.57. The van der Waals surface area contributed by atoms with Gasteiger partial charge in [-0.1, -0.05) is 36.4 Å². The van der Waals surface area contributed by atoms with Gasteiger partial charge in [-0.3, -0.25) is 0 Å². The standard InChI is InChI=1S/C30H39N3O9S2/c34-19-25(35)18-32-43(37,38)28-7-3-6-27(15-28)41-21-26(36)17-31-24-16-30(42-20-24)10-12-33(13-11-30)44(39,40)29-9-8-22-4-1-2-5-23(22)14-29/h1-9,14-15,24-26,31-32,34-36H,10-13,16-21H2/t24?,25-,26-/m0/s1. The first-order valence-electron chi connectivity index (χ1n) is 14.6. The summed E-state index contributed by atoms with van der Waals surface area (Å²) in [5.74, 6) is 0.253. The Kier molecular flexibility index (Phi) is 10.2. The second kappa shape index (κ2) is 13.8. The van der Waals surface area contributed by atoms with E-state index in [1.807, 2.05) is 30.3 Å². The lowest BCUT2D eigenvalue weighted by atomic mass is 9.88. The van der Waals surface area contributed by atoms with Crippen molar-refractivity contribution in [3.8, 4) is 5.75 Å². The van der Waals surface area contributed by atoms with Crippen LogP contribution in [0.1, 0.15) is 19.3 Å². The number of nitrogens with one attached hydrogen (secondary N) is 2. The molecule has 5 N–H and O–H groups in total. The van der Waals surface area contributed by atoms with Crippen molar-refractivity contribution in [2.75, 3.05) is 46.0 Å². The van der Waals surface area contributed by atoms with Crippen molar-refractivity contribution in [1.29, 1.82) is 0 Å². The van der Waals surface area contributed by atoms with Crippen LogP contribution in [0.3, 0.4) is 0 Å². The van der Waals surface area contributed by atoms with Crippen LogP contribution in [-0.4, -0.2) is 106 Å². The number of fused-ring (bicyclic) bond motifs is 1. The molecular weight excluding hydrogens is 610 g/mol. The second-order valence-electron chi connectivity index (χ2n) is 11.3. The Morgan fingerprint density at radius 2 is 1.66 bits per heavy atom. The molecule has 2 saturated heterocycles. The summed E-state index contributed by atoms with van der Waals surface area (Å²) in [6, 6.07) is 18.6. The molecule has 0 aromatic heterocycles. The summed E-state index contributed by atoms with van der Waals surface area (Å²) in [6.45, 7) is 0.432. The molecule has 14 heteroatoms. The van der Waals surface area contributed by atoms with Gasteiger partial charge in [-0.05, 0) is 54.3 Å². The van der Waals surface area contributed by atoms with Crippen LogP contribution in [-0.2, 0) is 24.8 Å². The number of ether oxygens (including phenoxy) is 2. The summed E-state index contributed by atoms with van der Waals surface area (Å²) in [6.07, 6.45) is -0.231. The molecular formula is C30H39N3O9S2. The maximum Gasteiger partial charge on any atom is 0.243 e. The highest BCUT2D eigenvalue weighted by Crippen LogP contribution is 2.37. The highest BCUT2D eigenvalue weighted by Gasteiger charge is 2.44. The highest BCUT2D eigenvalue weighted by molar-refractivity contribution is 7.89. The van der Waals surface area contributed by atoms with Crippen LogP contribution < -0.4 is 14.8 Å². The van der Waals surface area contributed by atoms with Crippen molar-refractivity contribution < 1.29 is 41.6 Å². The molecule has 2 heterocycles. The Morgan fingerprint density at radius 1 is 0.909 bits per heavy atom. The van der Waals surface area contributed by atoms with E-state index >= 15 is 0 Å². The lowest BCUT2D eigenvalue weighted by molar-refractivity contribution is -0.0312. The van der Waals surface area contributed by atoms with Crippen molar-refractivity contribution in [3.63, 3.8) is 0 Å². The third-order valence-corrected chi connectivity index (χ3v) is 11.4. The van der Waals surface area contributed by atoms with Crippen molar-refractivity contribution in [3.05, 3.63) is 66.7 Å². The van der Waals surface area contributed by atoms with E-state index < -0.39 is 44.5 Å². The molecule has 5 rings (SSSR count). The van der Waals surface area contributed by atoms with E-state index in [9.17, 15) is 27.0 Å². The van der Waals surface area contributed by atoms with Gasteiger partial charge in [0.15, 0.2) is 0 Å². The van der Waals surface area contributed by atoms with Crippen molar-refractivity contribution in [2.45, 2.75) is 52.9 Å². The average molecular weight is 650 g/mol. The lowest BCUT2D eigenvalue weighted by Gasteiger charge is -2.38. The minimum Gasteiger partial charge on any atom is -0.491 e. The van der Waals surface area contributed by atoms with Gasteiger partial charge in [-0.15, -0.1) is 0 Å². The Bertz CT molecular complexity index is 1640. The molecule has 240 valence electrons. The van der Waals surface area contributed by atoms with Crippen molar-refractivity contribution in [2.24, 2.45) is 0 Å². The lowest BCUT2D eigenvalue weighted by Crippen LogP contribution is -2.47. The molecule has 0 amide bonds. The molecule has 2 aliphatic heterocycles. The molecule has 3 aromatic carbocycles. The van der Waals surface area contributed by atoms with Gasteiger partial charge < -0.3 is 30.1 Å². The monoisotopic (exact) mass is 649 g/mol. The number of rotatable bonds is 13. The van der Waals surface area contributed by atoms with Gasteiger partial charge in [0.25, 0.3) is 0 Å². The molecule has 2 aliphatic rings. The number of piperidine rings is 1. The van der Waals surface area contributed by atoms with Crippen LogP contribution >= 0.6 is 0 Å². The maximum absolute atomic E-state index is 13.4. The third-order valence-electron chi connectivity index (χ3n) is 8.12. The van der Waals surface area contributed by atoms with Crippen LogP contribution in [0.25, 0.3) is 10.8 Å². The van der Waals surface area contributed by atoms with E-state index in [-0.39, 0.29) is 41.3 Å². The second-order valence-corrected chi connectivity index (χ2v) is 15.0. The minimum absolute atomic E-state index is 0.0119. The van der Waals surface area contributed by atoms with Gasteiger partial charge in [0, 0.05) is 38.3 Å². The fourth-order valence-corrected chi connectivity index (χ4v) is 8.16. The summed E-state index contributed by atoms with van der Waals surface area (Å²) >= 11 is 0. The van der Waals surface area contributed by atoms with Crippen LogP contribution in [0.2, 0.25) is 0 Å². The van der Waals surface area contributed by atoms with E-state index in [0.717, 1.165) is 10.8 Å². The molecule has 3 aromatic rings. The summed E-state index contributed by atoms with van der Waals surface area (Å²) in [5, 5.41) is 34.0. The van der Waals surface area contributed by atoms with Crippen molar-refractivity contribution in [1.82, 2.24) is 14.3 Å². The van der Waals surface area contributed by atoms with Gasteiger partial charge in [0.2, 0.25) is 20.0 Å². The van der Waals surface area contributed by atoms with E-state index in [1.165, 1.54) is 22.5 Å². The van der Waals surface area contributed by atoms with Crippen LogP contribution in [0, 0.1) is 0 Å². The number of sulfonamides is 2. The molecule has 0 bridgehead atoms. The smallest absolute Gasteiger partial charge is 0.243 e. The zero-order chi connectivity index (χ0) is 31.4. The molecule has 1 spiro atoms. The quantitative estimate of drug-likeness (QED) is 0.178. The normalized spacial score (nSPS) is 20.6. The molecule has 0 aliphatic carbocycles. The Hall–Kier alpha value is -2.66. The van der Waals surface area contributed by atoms with Crippen molar-refractivity contribution >= 4 is 30.8 Å². The molecule has 1 unspecified atom stereocenters. The number of hydrogen-bond donors (Lipinski definition) is 5. The molecule has 44 heavy (non-hydrogen) atoms. The van der Waals surface area contributed by atoms with Gasteiger partial charge >= 0.3 is 0 Å².